The zero-order valence-electron chi connectivity index (χ0n) is 22.1. The Morgan fingerprint density at radius 2 is 1.78 bits per heavy atom. The molecule has 7 nitrogen and oxygen atoms in total. The van der Waals surface area contributed by atoms with E-state index in [1.54, 1.807) is 13.2 Å². The highest BCUT2D eigenvalue weighted by Crippen LogP contribution is 2.63. The Kier molecular flexibility index (Phi) is 7.83. The molecule has 0 bridgehead atoms. The van der Waals surface area contributed by atoms with Gasteiger partial charge in [0.25, 0.3) is 0 Å². The summed E-state index contributed by atoms with van der Waals surface area (Å²) in [5.41, 5.74) is 0.334. The average molecular weight is 499 g/mol. The van der Waals surface area contributed by atoms with Crippen LogP contribution in [0.2, 0.25) is 0 Å². The molecule has 2 fully saturated rings. The van der Waals surface area contributed by atoms with Crippen molar-refractivity contribution in [3.8, 4) is 5.75 Å². The molecule has 2 aliphatic rings. The number of hydrogen-bond donors (Lipinski definition) is 4. The molecule has 2 saturated carbocycles. The second-order valence-corrected chi connectivity index (χ2v) is 11.8. The summed E-state index contributed by atoms with van der Waals surface area (Å²) in [6, 6.07) is 11.7. The van der Waals surface area contributed by atoms with Gasteiger partial charge in [0.15, 0.2) is 0 Å². The first kappa shape index (κ1) is 26.7. The summed E-state index contributed by atoms with van der Waals surface area (Å²) in [6.07, 6.45) is 4.59. The van der Waals surface area contributed by atoms with E-state index < -0.39 is 5.60 Å². The molecule has 2 aliphatic carbocycles. The SMILES string of the molecule is COc1ccc(CNC(=O)CC[C@]23CC[C@](C)(O)C[C@H]2C(C)(C)C[C@@H]3NCc2ccc(CO)o2)cc1. The quantitative estimate of drug-likeness (QED) is 0.389. The molecule has 0 aliphatic heterocycles. The van der Waals surface area contributed by atoms with Crippen LogP contribution in [0.15, 0.2) is 40.8 Å². The van der Waals surface area contributed by atoms with Crippen LogP contribution < -0.4 is 15.4 Å². The molecule has 0 spiro atoms. The number of aliphatic hydroxyl groups excluding tert-OH is 1. The van der Waals surface area contributed by atoms with Gasteiger partial charge in [-0.05, 0) is 85.6 Å². The molecular weight excluding hydrogens is 456 g/mol. The Morgan fingerprint density at radius 1 is 1.06 bits per heavy atom. The van der Waals surface area contributed by atoms with Gasteiger partial charge < -0.3 is 30.0 Å². The second kappa shape index (κ2) is 10.6. The van der Waals surface area contributed by atoms with Crippen molar-refractivity contribution < 1.29 is 24.2 Å². The summed E-state index contributed by atoms with van der Waals surface area (Å²) in [7, 11) is 1.64. The Labute approximate surface area is 214 Å². The maximum absolute atomic E-state index is 12.9. The first-order chi connectivity index (χ1) is 17.1. The minimum absolute atomic E-state index is 0.0427. The molecule has 4 N–H and O–H groups in total. The molecule has 1 aromatic carbocycles. The lowest BCUT2D eigenvalue weighted by Crippen LogP contribution is -2.51. The summed E-state index contributed by atoms with van der Waals surface area (Å²) < 4.78 is 10.9. The molecule has 1 heterocycles. The van der Waals surface area contributed by atoms with E-state index in [1.807, 2.05) is 37.3 Å². The number of benzene rings is 1. The van der Waals surface area contributed by atoms with Crippen molar-refractivity contribution in [3.05, 3.63) is 53.5 Å². The average Bonchev–Trinajstić information content (AvgIpc) is 3.40. The van der Waals surface area contributed by atoms with Gasteiger partial charge in [-0.3, -0.25) is 4.79 Å². The van der Waals surface area contributed by atoms with Gasteiger partial charge in [0, 0.05) is 19.0 Å². The van der Waals surface area contributed by atoms with Crippen LogP contribution >= 0.6 is 0 Å². The van der Waals surface area contributed by atoms with E-state index in [4.69, 9.17) is 9.15 Å². The third kappa shape index (κ3) is 5.79. The summed E-state index contributed by atoms with van der Waals surface area (Å²) in [4.78, 5) is 12.9. The van der Waals surface area contributed by atoms with Crippen LogP contribution in [0.4, 0.5) is 0 Å². The molecule has 1 amide bonds. The van der Waals surface area contributed by atoms with Gasteiger partial charge in [0.1, 0.15) is 23.9 Å². The molecule has 7 heteroatoms. The fourth-order valence-electron chi connectivity index (χ4n) is 6.72. The molecule has 36 heavy (non-hydrogen) atoms. The normalized spacial score (nSPS) is 29.1. The molecule has 198 valence electrons. The summed E-state index contributed by atoms with van der Waals surface area (Å²) >= 11 is 0. The van der Waals surface area contributed by atoms with E-state index in [0.29, 0.717) is 31.2 Å². The van der Waals surface area contributed by atoms with Gasteiger partial charge >= 0.3 is 0 Å². The minimum atomic E-state index is -0.673. The number of nitrogens with one attached hydrogen (secondary N) is 2. The van der Waals surface area contributed by atoms with E-state index in [-0.39, 0.29) is 29.4 Å². The molecule has 0 saturated heterocycles. The van der Waals surface area contributed by atoms with Crippen molar-refractivity contribution in [2.24, 2.45) is 16.7 Å². The molecule has 0 unspecified atom stereocenters. The van der Waals surface area contributed by atoms with E-state index in [1.165, 1.54) is 0 Å². The zero-order chi connectivity index (χ0) is 26.0. The van der Waals surface area contributed by atoms with Crippen LogP contribution in [0.1, 0.15) is 76.4 Å². The maximum Gasteiger partial charge on any atom is 0.220 e. The number of rotatable bonds is 10. The van der Waals surface area contributed by atoms with Crippen molar-refractivity contribution in [3.63, 3.8) is 0 Å². The van der Waals surface area contributed by atoms with Crippen molar-refractivity contribution in [1.29, 1.82) is 0 Å². The molecular formula is C29H42N2O5. The number of ether oxygens (including phenoxy) is 1. The number of methoxy groups -OCH3 is 1. The molecule has 4 atom stereocenters. The molecule has 4 rings (SSSR count). The van der Waals surface area contributed by atoms with Gasteiger partial charge in [-0.25, -0.2) is 0 Å². The molecule has 1 aromatic heterocycles. The molecule has 0 radical (unpaired) electrons. The van der Waals surface area contributed by atoms with Gasteiger partial charge in [-0.2, -0.15) is 0 Å². The lowest BCUT2D eigenvalue weighted by Gasteiger charge is -2.51. The number of furan rings is 1. The lowest BCUT2D eigenvalue weighted by molar-refractivity contribution is -0.123. The Balaban J connectivity index is 1.45. The third-order valence-corrected chi connectivity index (χ3v) is 8.70. The highest BCUT2D eigenvalue weighted by molar-refractivity contribution is 5.76. The first-order valence-electron chi connectivity index (χ1n) is 13.1. The lowest BCUT2D eigenvalue weighted by atomic mass is 9.57. The number of carbonyl (C=O) groups excluding carboxylic acids is 1. The predicted molar refractivity (Wildman–Crippen MR) is 138 cm³/mol. The second-order valence-electron chi connectivity index (χ2n) is 11.8. The number of aliphatic hydroxyl groups is 2. The maximum atomic E-state index is 12.9. The van der Waals surface area contributed by atoms with Gasteiger partial charge in [0.05, 0.1) is 19.3 Å². The number of amides is 1. The van der Waals surface area contributed by atoms with Crippen molar-refractivity contribution >= 4 is 5.91 Å². The number of hydrogen-bond acceptors (Lipinski definition) is 6. The van der Waals surface area contributed by atoms with E-state index in [0.717, 1.165) is 49.2 Å². The van der Waals surface area contributed by atoms with Crippen molar-refractivity contribution in [2.75, 3.05) is 7.11 Å². The van der Waals surface area contributed by atoms with E-state index in [9.17, 15) is 15.0 Å². The molecule has 2 aromatic rings. The Bertz CT molecular complexity index is 1030. The van der Waals surface area contributed by atoms with Crippen molar-refractivity contribution in [2.45, 2.75) is 90.6 Å². The fourth-order valence-corrected chi connectivity index (χ4v) is 6.72. The standard InChI is InChI=1S/C29H42N2O5/c1-27(2)16-25(30-18-22-9-10-23(19-32)36-22)29(14-13-28(3,34)15-24(27)29)12-11-26(33)31-17-20-5-7-21(35-4)8-6-20/h5-10,24-25,30,32,34H,11-19H2,1-4H3,(H,31,33)/t24-,25-,28-,29-/m0/s1. The van der Waals surface area contributed by atoms with Crippen LogP contribution in [-0.4, -0.2) is 34.9 Å². The highest BCUT2D eigenvalue weighted by Gasteiger charge is 2.61. The summed E-state index contributed by atoms with van der Waals surface area (Å²) in [6.45, 7) is 7.52. The van der Waals surface area contributed by atoms with E-state index in [2.05, 4.69) is 24.5 Å². The van der Waals surface area contributed by atoms with Crippen LogP contribution in [0.3, 0.4) is 0 Å². The fraction of sp³-hybridized carbons (Fsp3) is 0.621. The smallest absolute Gasteiger partial charge is 0.220 e. The topological polar surface area (TPSA) is 104 Å². The Hall–Kier alpha value is -2.35. The van der Waals surface area contributed by atoms with Gasteiger partial charge in [-0.15, -0.1) is 0 Å². The van der Waals surface area contributed by atoms with Crippen LogP contribution in [0.5, 0.6) is 5.75 Å². The largest absolute Gasteiger partial charge is 0.497 e. The van der Waals surface area contributed by atoms with Crippen molar-refractivity contribution in [1.82, 2.24) is 10.6 Å². The minimum Gasteiger partial charge on any atom is -0.497 e. The van der Waals surface area contributed by atoms with Crippen LogP contribution in [0, 0.1) is 16.7 Å². The first-order valence-corrected chi connectivity index (χ1v) is 13.1. The highest BCUT2D eigenvalue weighted by atomic mass is 16.5. The van der Waals surface area contributed by atoms with Crippen LogP contribution in [-0.2, 0) is 24.5 Å². The monoisotopic (exact) mass is 498 g/mol. The zero-order valence-corrected chi connectivity index (χ0v) is 22.1. The number of carbonyl (C=O) groups is 1. The predicted octanol–water partition coefficient (Wildman–Crippen LogP) is 4.30. The van der Waals surface area contributed by atoms with Gasteiger partial charge in [0.2, 0.25) is 5.91 Å². The number of fused-ring (bicyclic) bond motifs is 1. The third-order valence-electron chi connectivity index (χ3n) is 8.70. The summed E-state index contributed by atoms with van der Waals surface area (Å²) in [5.74, 6) is 2.53. The van der Waals surface area contributed by atoms with Crippen LogP contribution in [0.25, 0.3) is 0 Å². The summed E-state index contributed by atoms with van der Waals surface area (Å²) in [5, 5.41) is 27.1. The van der Waals surface area contributed by atoms with Gasteiger partial charge in [-0.1, -0.05) is 26.0 Å². The van der Waals surface area contributed by atoms with E-state index >= 15 is 0 Å². The Morgan fingerprint density at radius 3 is 2.44 bits per heavy atom.